The number of rotatable bonds is 2. The number of aromatic amines is 1. The summed E-state index contributed by atoms with van der Waals surface area (Å²) in [7, 11) is 0. The molecule has 1 heterocycles. The van der Waals surface area contributed by atoms with Crippen LogP contribution in [0, 0.1) is 11.6 Å². The quantitative estimate of drug-likeness (QED) is 0.696. The van der Waals surface area contributed by atoms with E-state index in [-0.39, 0.29) is 17.0 Å². The van der Waals surface area contributed by atoms with E-state index in [2.05, 4.69) is 9.72 Å². The fourth-order valence-electron chi connectivity index (χ4n) is 2.24. The maximum atomic E-state index is 14.0. The molecule has 0 bridgehead atoms. The summed E-state index contributed by atoms with van der Waals surface area (Å²) < 4.78 is 31.9. The first-order valence-electron chi connectivity index (χ1n) is 6.03. The van der Waals surface area contributed by atoms with Crippen molar-refractivity contribution in [3.63, 3.8) is 0 Å². The molecule has 0 aliphatic heterocycles. The van der Waals surface area contributed by atoms with Crippen molar-refractivity contribution in [3.8, 4) is 17.0 Å². The largest absolute Gasteiger partial charge is 0.512 e. The maximum Gasteiger partial charge on any atom is 0.512 e. The molecular weight excluding hydrogens is 280 g/mol. The van der Waals surface area contributed by atoms with Crippen LogP contribution in [0.2, 0.25) is 0 Å². The van der Waals surface area contributed by atoms with Crippen molar-refractivity contribution in [3.05, 3.63) is 54.1 Å². The summed E-state index contributed by atoms with van der Waals surface area (Å²) in [6, 6.07) is 9.73. The summed E-state index contributed by atoms with van der Waals surface area (Å²) >= 11 is 0. The number of H-pyrrole nitrogens is 1. The van der Waals surface area contributed by atoms with Gasteiger partial charge in [-0.3, -0.25) is 0 Å². The minimum atomic E-state index is -1.54. The predicted octanol–water partition coefficient (Wildman–Crippen LogP) is 4.17. The summed E-state index contributed by atoms with van der Waals surface area (Å²) in [6.45, 7) is 0. The summed E-state index contributed by atoms with van der Waals surface area (Å²) in [5, 5.41) is 9.25. The van der Waals surface area contributed by atoms with Crippen molar-refractivity contribution in [2.75, 3.05) is 0 Å². The van der Waals surface area contributed by atoms with Crippen LogP contribution in [-0.2, 0) is 0 Å². The highest BCUT2D eigenvalue weighted by Crippen LogP contribution is 2.38. The zero-order chi connectivity index (χ0) is 15.0. The van der Waals surface area contributed by atoms with E-state index in [1.165, 1.54) is 36.4 Å². The number of carbonyl (C=O) groups is 1. The number of benzene rings is 2. The van der Waals surface area contributed by atoms with Crippen LogP contribution in [0.4, 0.5) is 13.6 Å². The van der Waals surface area contributed by atoms with E-state index in [0.717, 1.165) is 0 Å². The van der Waals surface area contributed by atoms with Gasteiger partial charge in [0.05, 0.1) is 11.1 Å². The first kappa shape index (κ1) is 13.1. The van der Waals surface area contributed by atoms with E-state index < -0.39 is 17.8 Å². The lowest BCUT2D eigenvalue weighted by Gasteiger charge is -2.04. The topological polar surface area (TPSA) is 62.3 Å². The Balaban J connectivity index is 2.32. The van der Waals surface area contributed by atoms with Gasteiger partial charge in [-0.25, -0.2) is 13.6 Å². The molecule has 0 fully saturated rings. The van der Waals surface area contributed by atoms with Crippen LogP contribution in [0.25, 0.3) is 22.0 Å². The molecule has 3 rings (SSSR count). The Kier molecular flexibility index (Phi) is 3.06. The van der Waals surface area contributed by atoms with Gasteiger partial charge in [-0.15, -0.1) is 0 Å². The van der Waals surface area contributed by atoms with Crippen LogP contribution >= 0.6 is 0 Å². The van der Waals surface area contributed by atoms with Crippen molar-refractivity contribution >= 4 is 17.1 Å². The van der Waals surface area contributed by atoms with Crippen molar-refractivity contribution in [1.82, 2.24) is 4.98 Å². The molecule has 106 valence electrons. The summed E-state index contributed by atoms with van der Waals surface area (Å²) in [5.41, 5.74) is 0.738. The van der Waals surface area contributed by atoms with E-state index in [1.807, 2.05) is 0 Å². The summed E-state index contributed by atoms with van der Waals surface area (Å²) in [5.74, 6) is -1.17. The monoisotopic (exact) mass is 289 g/mol. The molecule has 3 aromatic rings. The lowest BCUT2D eigenvalue weighted by atomic mass is 10.0. The van der Waals surface area contributed by atoms with E-state index >= 15 is 0 Å². The molecule has 0 radical (unpaired) electrons. The van der Waals surface area contributed by atoms with Gasteiger partial charge < -0.3 is 14.8 Å². The van der Waals surface area contributed by atoms with Crippen LogP contribution in [-0.4, -0.2) is 16.2 Å². The Morgan fingerprint density at radius 3 is 2.62 bits per heavy atom. The number of halogens is 2. The molecule has 1 aromatic heterocycles. The fraction of sp³-hybridized carbons (Fsp3) is 0. The van der Waals surface area contributed by atoms with Gasteiger partial charge in [-0.1, -0.05) is 18.2 Å². The van der Waals surface area contributed by atoms with E-state index in [4.69, 9.17) is 5.11 Å². The van der Waals surface area contributed by atoms with Gasteiger partial charge in [0, 0.05) is 10.9 Å². The summed E-state index contributed by atoms with van der Waals surface area (Å²) in [4.78, 5) is 13.4. The molecule has 0 amide bonds. The Labute approximate surface area is 117 Å². The van der Waals surface area contributed by atoms with Gasteiger partial charge in [0.2, 0.25) is 5.88 Å². The third-order valence-electron chi connectivity index (χ3n) is 3.06. The van der Waals surface area contributed by atoms with Gasteiger partial charge in [-0.05, 0) is 24.3 Å². The van der Waals surface area contributed by atoms with Crippen LogP contribution < -0.4 is 4.74 Å². The molecule has 21 heavy (non-hydrogen) atoms. The van der Waals surface area contributed by atoms with Crippen molar-refractivity contribution < 1.29 is 23.4 Å². The number of ether oxygens (including phenoxy) is 1. The molecule has 0 unspecified atom stereocenters. The summed E-state index contributed by atoms with van der Waals surface area (Å²) in [6.07, 6.45) is -1.54. The zero-order valence-electron chi connectivity index (χ0n) is 10.6. The Morgan fingerprint density at radius 1 is 1.14 bits per heavy atom. The number of carboxylic acid groups (broad SMARTS) is 1. The first-order chi connectivity index (χ1) is 10.1. The molecular formula is C15H9F2NO3. The lowest BCUT2D eigenvalue weighted by Crippen LogP contribution is -2.04. The molecule has 4 nitrogen and oxygen atoms in total. The van der Waals surface area contributed by atoms with E-state index in [0.29, 0.717) is 10.9 Å². The third kappa shape index (κ3) is 2.31. The van der Waals surface area contributed by atoms with Gasteiger partial charge in [0.1, 0.15) is 11.6 Å². The van der Waals surface area contributed by atoms with Gasteiger partial charge in [0.15, 0.2) is 0 Å². The predicted molar refractivity (Wildman–Crippen MR) is 72.3 cm³/mol. The Morgan fingerprint density at radius 2 is 1.90 bits per heavy atom. The number of hydrogen-bond acceptors (Lipinski definition) is 2. The molecule has 0 spiro atoms. The SMILES string of the molecule is O=C(O)Oc1[nH]c2cc(F)ccc2c1-c1ccccc1F. The first-order valence-corrected chi connectivity index (χ1v) is 6.03. The molecule has 0 saturated heterocycles. The van der Waals surface area contributed by atoms with Crippen molar-refractivity contribution in [1.29, 1.82) is 0 Å². The minimum Gasteiger partial charge on any atom is -0.449 e. The second kappa shape index (κ2) is 4.90. The van der Waals surface area contributed by atoms with E-state index in [9.17, 15) is 13.6 Å². The molecule has 0 aliphatic rings. The van der Waals surface area contributed by atoms with Crippen LogP contribution in [0.5, 0.6) is 5.88 Å². The van der Waals surface area contributed by atoms with Gasteiger partial charge in [-0.2, -0.15) is 0 Å². The molecule has 2 N–H and O–H groups in total. The average Bonchev–Trinajstić information content (AvgIpc) is 2.75. The highest BCUT2D eigenvalue weighted by atomic mass is 19.1. The molecule has 0 aliphatic carbocycles. The Hall–Kier alpha value is -2.89. The second-order valence-electron chi connectivity index (χ2n) is 4.37. The highest BCUT2D eigenvalue weighted by molar-refractivity contribution is 5.99. The van der Waals surface area contributed by atoms with Crippen molar-refractivity contribution in [2.24, 2.45) is 0 Å². The third-order valence-corrected chi connectivity index (χ3v) is 3.06. The van der Waals surface area contributed by atoms with Crippen LogP contribution in [0.3, 0.4) is 0 Å². The zero-order valence-corrected chi connectivity index (χ0v) is 10.6. The average molecular weight is 289 g/mol. The number of nitrogens with one attached hydrogen (secondary N) is 1. The van der Waals surface area contributed by atoms with E-state index in [1.54, 1.807) is 6.07 Å². The molecule has 2 aromatic carbocycles. The van der Waals surface area contributed by atoms with Crippen molar-refractivity contribution in [2.45, 2.75) is 0 Å². The van der Waals surface area contributed by atoms with Gasteiger partial charge in [0.25, 0.3) is 0 Å². The van der Waals surface area contributed by atoms with Gasteiger partial charge >= 0.3 is 6.16 Å². The normalized spacial score (nSPS) is 10.8. The fourth-order valence-corrected chi connectivity index (χ4v) is 2.24. The smallest absolute Gasteiger partial charge is 0.449 e. The molecule has 6 heteroatoms. The molecule has 0 atom stereocenters. The van der Waals surface area contributed by atoms with Crippen LogP contribution in [0.15, 0.2) is 42.5 Å². The molecule has 0 saturated carbocycles. The second-order valence-corrected chi connectivity index (χ2v) is 4.37. The minimum absolute atomic E-state index is 0.145. The number of aromatic nitrogens is 1. The Bertz CT molecular complexity index is 842. The van der Waals surface area contributed by atoms with Crippen LogP contribution in [0.1, 0.15) is 0 Å². The lowest BCUT2D eigenvalue weighted by molar-refractivity contribution is 0.143. The standard InChI is InChI=1S/C15H9F2NO3/c16-8-5-6-10-12(7-8)18-14(21-15(19)20)13(10)9-3-1-2-4-11(9)17/h1-7,18H,(H,19,20). The number of hydrogen-bond donors (Lipinski definition) is 2. The maximum absolute atomic E-state index is 14.0. The highest BCUT2D eigenvalue weighted by Gasteiger charge is 2.19. The number of fused-ring (bicyclic) bond motifs is 1.